The maximum atomic E-state index is 12.1. The lowest BCUT2D eigenvalue weighted by Gasteiger charge is -2.27. The van der Waals surface area contributed by atoms with Crippen LogP contribution in [0.1, 0.15) is 36.3 Å². The molecule has 0 spiro atoms. The predicted molar refractivity (Wildman–Crippen MR) is 81.1 cm³/mol. The van der Waals surface area contributed by atoms with Crippen molar-refractivity contribution < 1.29 is 14.4 Å². The normalized spacial score (nSPS) is 26.1. The Kier molecular flexibility index (Phi) is 4.49. The van der Waals surface area contributed by atoms with Gasteiger partial charge >= 0.3 is 0 Å². The highest BCUT2D eigenvalue weighted by molar-refractivity contribution is 5.79. The second kappa shape index (κ2) is 6.38. The zero-order valence-corrected chi connectivity index (χ0v) is 13.3. The minimum Gasteiger partial charge on any atom is -0.396 e. The van der Waals surface area contributed by atoms with Crippen LogP contribution >= 0.6 is 0 Å². The van der Waals surface area contributed by atoms with E-state index in [1.54, 1.807) is 0 Å². The van der Waals surface area contributed by atoms with Crippen LogP contribution in [0.4, 0.5) is 0 Å². The van der Waals surface area contributed by atoms with Gasteiger partial charge in [-0.1, -0.05) is 11.6 Å². The van der Waals surface area contributed by atoms with E-state index >= 15 is 0 Å². The van der Waals surface area contributed by atoms with E-state index < -0.39 is 0 Å². The summed E-state index contributed by atoms with van der Waals surface area (Å²) in [5.41, 5.74) is 2.03. The Hall–Kier alpha value is -1.40. The highest BCUT2D eigenvalue weighted by Gasteiger charge is 2.36. The van der Waals surface area contributed by atoms with Gasteiger partial charge in [0.05, 0.1) is 5.69 Å². The number of hydrogen-bond acceptors (Lipinski definition) is 5. The fourth-order valence-electron chi connectivity index (χ4n) is 3.36. The number of nitrogens with one attached hydrogen (secondary N) is 1. The SMILES string of the molecule is Cc1noc(C)c1CN1C[C@@H](CO)[C@H](NC(=O)C2CCC2)C1. The number of aliphatic hydroxyl groups excluding tert-OH is 1. The number of carbonyl (C=O) groups excluding carboxylic acids is 1. The van der Waals surface area contributed by atoms with Gasteiger partial charge in [-0.15, -0.1) is 0 Å². The van der Waals surface area contributed by atoms with Crippen molar-refractivity contribution in [3.05, 3.63) is 17.0 Å². The molecule has 3 rings (SSSR count). The summed E-state index contributed by atoms with van der Waals surface area (Å²) >= 11 is 0. The molecule has 2 N–H and O–H groups in total. The van der Waals surface area contributed by atoms with Crippen molar-refractivity contribution >= 4 is 5.91 Å². The molecule has 1 aliphatic heterocycles. The number of aliphatic hydroxyl groups is 1. The average molecular weight is 307 g/mol. The molecular weight excluding hydrogens is 282 g/mol. The Bertz CT molecular complexity index is 519. The molecule has 1 saturated heterocycles. The van der Waals surface area contributed by atoms with E-state index in [1.165, 1.54) is 0 Å². The molecule has 2 fully saturated rings. The van der Waals surface area contributed by atoms with Crippen molar-refractivity contribution in [2.75, 3.05) is 19.7 Å². The third-order valence-corrected chi connectivity index (χ3v) is 5.12. The molecule has 2 heterocycles. The molecule has 0 radical (unpaired) electrons. The molecule has 1 aromatic heterocycles. The number of likely N-dealkylation sites (tertiary alicyclic amines) is 1. The van der Waals surface area contributed by atoms with Gasteiger partial charge in [0.25, 0.3) is 0 Å². The van der Waals surface area contributed by atoms with E-state index in [2.05, 4.69) is 15.4 Å². The molecule has 1 saturated carbocycles. The highest BCUT2D eigenvalue weighted by Crippen LogP contribution is 2.28. The van der Waals surface area contributed by atoms with E-state index in [1.807, 2.05) is 13.8 Å². The second-order valence-corrected chi connectivity index (χ2v) is 6.68. The predicted octanol–water partition coefficient (Wildman–Crippen LogP) is 1.00. The minimum absolute atomic E-state index is 0.0403. The topological polar surface area (TPSA) is 78.6 Å². The molecule has 122 valence electrons. The van der Waals surface area contributed by atoms with Gasteiger partial charge in [0, 0.05) is 49.7 Å². The van der Waals surface area contributed by atoms with E-state index in [0.717, 1.165) is 55.9 Å². The van der Waals surface area contributed by atoms with Gasteiger partial charge < -0.3 is 14.9 Å². The number of hydrogen-bond donors (Lipinski definition) is 2. The Labute approximate surface area is 130 Å². The van der Waals surface area contributed by atoms with Crippen LogP contribution in [0.3, 0.4) is 0 Å². The van der Waals surface area contributed by atoms with Crippen molar-refractivity contribution in [1.82, 2.24) is 15.4 Å². The van der Waals surface area contributed by atoms with Crippen LogP contribution in [0.25, 0.3) is 0 Å². The van der Waals surface area contributed by atoms with E-state index in [9.17, 15) is 9.90 Å². The third kappa shape index (κ3) is 3.03. The first-order valence-electron chi connectivity index (χ1n) is 8.13. The maximum Gasteiger partial charge on any atom is 0.223 e. The number of aryl methyl sites for hydroxylation is 2. The molecule has 1 aliphatic carbocycles. The van der Waals surface area contributed by atoms with Crippen molar-refractivity contribution in [2.24, 2.45) is 11.8 Å². The Morgan fingerprint density at radius 3 is 2.73 bits per heavy atom. The average Bonchev–Trinajstić information content (AvgIpc) is 2.94. The lowest BCUT2D eigenvalue weighted by atomic mass is 9.84. The molecule has 1 amide bonds. The van der Waals surface area contributed by atoms with Gasteiger partial charge in [-0.2, -0.15) is 0 Å². The number of amides is 1. The van der Waals surface area contributed by atoms with Crippen LogP contribution in [0.2, 0.25) is 0 Å². The fourth-order valence-corrected chi connectivity index (χ4v) is 3.36. The Morgan fingerprint density at radius 2 is 2.18 bits per heavy atom. The molecule has 2 aliphatic rings. The van der Waals surface area contributed by atoms with Gasteiger partial charge in [0.1, 0.15) is 5.76 Å². The van der Waals surface area contributed by atoms with Crippen LogP contribution < -0.4 is 5.32 Å². The maximum absolute atomic E-state index is 12.1. The summed E-state index contributed by atoms with van der Waals surface area (Å²) in [6.45, 7) is 6.29. The van der Waals surface area contributed by atoms with Crippen LogP contribution in [0.15, 0.2) is 4.52 Å². The summed E-state index contributed by atoms with van der Waals surface area (Å²) in [5, 5.41) is 16.7. The molecule has 2 atom stereocenters. The van der Waals surface area contributed by atoms with Crippen LogP contribution in [0.5, 0.6) is 0 Å². The monoisotopic (exact) mass is 307 g/mol. The lowest BCUT2D eigenvalue weighted by Crippen LogP contribution is -2.45. The van der Waals surface area contributed by atoms with Gasteiger partial charge in [-0.3, -0.25) is 9.69 Å². The highest BCUT2D eigenvalue weighted by atomic mass is 16.5. The second-order valence-electron chi connectivity index (χ2n) is 6.68. The van der Waals surface area contributed by atoms with E-state index in [4.69, 9.17) is 4.52 Å². The Morgan fingerprint density at radius 1 is 1.41 bits per heavy atom. The molecule has 0 bridgehead atoms. The molecule has 1 aromatic rings. The smallest absolute Gasteiger partial charge is 0.223 e. The molecule has 22 heavy (non-hydrogen) atoms. The zero-order valence-electron chi connectivity index (χ0n) is 13.3. The van der Waals surface area contributed by atoms with E-state index in [-0.39, 0.29) is 30.4 Å². The number of rotatable bonds is 5. The summed E-state index contributed by atoms with van der Waals surface area (Å²) in [5.74, 6) is 1.30. The van der Waals surface area contributed by atoms with E-state index in [0.29, 0.717) is 0 Å². The summed E-state index contributed by atoms with van der Waals surface area (Å²) in [4.78, 5) is 14.4. The number of aromatic nitrogens is 1. The van der Waals surface area contributed by atoms with Crippen molar-refractivity contribution in [1.29, 1.82) is 0 Å². The Balaban J connectivity index is 1.60. The number of nitrogens with zero attached hydrogens (tertiary/aromatic N) is 2. The van der Waals surface area contributed by atoms with Crippen LogP contribution in [-0.4, -0.2) is 46.8 Å². The third-order valence-electron chi connectivity index (χ3n) is 5.12. The van der Waals surface area contributed by atoms with Crippen LogP contribution in [0, 0.1) is 25.7 Å². The van der Waals surface area contributed by atoms with Gasteiger partial charge in [-0.05, 0) is 26.7 Å². The van der Waals surface area contributed by atoms with Crippen molar-refractivity contribution in [2.45, 2.75) is 45.7 Å². The molecule has 6 heteroatoms. The fraction of sp³-hybridized carbons (Fsp3) is 0.750. The quantitative estimate of drug-likeness (QED) is 0.848. The van der Waals surface area contributed by atoms with Crippen molar-refractivity contribution in [3.8, 4) is 0 Å². The van der Waals surface area contributed by atoms with Crippen LogP contribution in [-0.2, 0) is 11.3 Å². The minimum atomic E-state index is 0.0403. The molecule has 0 aromatic carbocycles. The van der Waals surface area contributed by atoms with Gasteiger partial charge in [0.15, 0.2) is 0 Å². The largest absolute Gasteiger partial charge is 0.396 e. The summed E-state index contributed by atoms with van der Waals surface area (Å²) in [6, 6.07) is 0.0403. The van der Waals surface area contributed by atoms with Gasteiger partial charge in [0.2, 0.25) is 5.91 Å². The molecule has 6 nitrogen and oxygen atoms in total. The first-order chi connectivity index (χ1) is 10.6. The van der Waals surface area contributed by atoms with Gasteiger partial charge in [-0.25, -0.2) is 0 Å². The zero-order chi connectivity index (χ0) is 15.7. The first kappa shape index (κ1) is 15.5. The molecule has 0 unspecified atom stereocenters. The first-order valence-corrected chi connectivity index (χ1v) is 8.13. The van der Waals surface area contributed by atoms with Crippen molar-refractivity contribution in [3.63, 3.8) is 0 Å². The summed E-state index contributed by atoms with van der Waals surface area (Å²) in [6.07, 6.45) is 3.17. The summed E-state index contributed by atoms with van der Waals surface area (Å²) < 4.78 is 5.21. The lowest BCUT2D eigenvalue weighted by molar-refractivity contribution is -0.128. The summed E-state index contributed by atoms with van der Waals surface area (Å²) in [7, 11) is 0. The number of carbonyl (C=O) groups is 1. The standard InChI is InChI=1S/C16H25N3O3/c1-10-14(11(2)22-18-10)7-19-6-13(9-20)15(8-19)17-16(21)12-4-3-5-12/h12-13,15,20H,3-9H2,1-2H3,(H,17,21)/t13-,15+/m0/s1. The molecular formula is C16H25N3O3.